The molecular weight excluding hydrogens is 833 g/mol. The van der Waals surface area contributed by atoms with Crippen LogP contribution < -0.4 is 0 Å². The molecular formula is C57H34N6S2. The number of pyridine rings is 1. The molecule has 0 fully saturated rings. The Balaban J connectivity index is 1.05. The fourth-order valence-electron chi connectivity index (χ4n) is 10.0. The molecule has 6 nitrogen and oxygen atoms in total. The average Bonchev–Trinajstić information content (AvgIpc) is 4.12. The number of hydrogen-bond acceptors (Lipinski definition) is 6. The first-order chi connectivity index (χ1) is 32.2. The number of aromatic nitrogens is 6. The van der Waals surface area contributed by atoms with Crippen molar-refractivity contribution in [2.75, 3.05) is 0 Å². The molecule has 8 heteroatoms. The molecule has 0 aliphatic heterocycles. The number of rotatable bonds is 6. The second-order valence-corrected chi connectivity index (χ2v) is 18.7. The molecule has 0 radical (unpaired) electrons. The molecule has 0 bridgehead atoms. The molecule has 14 aromatic rings. The topological polar surface area (TPSA) is 61.4 Å². The molecule has 6 aromatic heterocycles. The zero-order valence-electron chi connectivity index (χ0n) is 34.7. The van der Waals surface area contributed by atoms with Crippen LogP contribution in [-0.4, -0.2) is 29.1 Å². The lowest BCUT2D eigenvalue weighted by Gasteiger charge is -2.16. The van der Waals surface area contributed by atoms with Gasteiger partial charge in [-0.25, -0.2) is 19.9 Å². The highest BCUT2D eigenvalue weighted by Crippen LogP contribution is 2.45. The molecule has 65 heavy (non-hydrogen) atoms. The van der Waals surface area contributed by atoms with Crippen molar-refractivity contribution >= 4 is 107 Å². The molecule has 0 saturated carbocycles. The van der Waals surface area contributed by atoms with Crippen LogP contribution in [0.4, 0.5) is 0 Å². The number of nitrogens with zero attached hydrogens (tertiary/aromatic N) is 6. The monoisotopic (exact) mass is 866 g/mol. The third kappa shape index (κ3) is 5.57. The van der Waals surface area contributed by atoms with Crippen molar-refractivity contribution in [1.29, 1.82) is 0 Å². The van der Waals surface area contributed by atoms with Crippen LogP contribution in [0.5, 0.6) is 0 Å². The molecule has 14 rings (SSSR count). The van der Waals surface area contributed by atoms with Gasteiger partial charge in [-0.05, 0) is 42.5 Å². The van der Waals surface area contributed by atoms with E-state index in [9.17, 15) is 0 Å². The van der Waals surface area contributed by atoms with Gasteiger partial charge in [0.2, 0.25) is 0 Å². The summed E-state index contributed by atoms with van der Waals surface area (Å²) in [6, 6.07) is 66.9. The van der Waals surface area contributed by atoms with Gasteiger partial charge in [0, 0.05) is 85.0 Å². The molecule has 0 N–H and O–H groups in total. The molecule has 0 spiro atoms. The highest BCUT2D eigenvalue weighted by atomic mass is 32.1. The number of hydrogen-bond donors (Lipinski definition) is 0. The van der Waals surface area contributed by atoms with Gasteiger partial charge in [0.15, 0.2) is 11.6 Å². The maximum Gasteiger partial charge on any atom is 0.163 e. The molecule has 6 heterocycles. The summed E-state index contributed by atoms with van der Waals surface area (Å²) in [5.74, 6) is 2.79. The Morgan fingerprint density at radius 2 is 0.877 bits per heavy atom. The summed E-state index contributed by atoms with van der Waals surface area (Å²) < 4.78 is 9.91. The number of fused-ring (bicyclic) bond motifs is 14. The van der Waals surface area contributed by atoms with Crippen molar-refractivity contribution in [2.24, 2.45) is 0 Å². The maximum absolute atomic E-state index is 5.55. The molecule has 0 amide bonds. The third-order valence-electron chi connectivity index (χ3n) is 12.9. The van der Waals surface area contributed by atoms with Crippen LogP contribution in [0, 0.1) is 0 Å². The lowest BCUT2D eigenvalue weighted by Crippen LogP contribution is -2.09. The molecule has 304 valence electrons. The average molecular weight is 867 g/mol. The quantitative estimate of drug-likeness (QED) is 0.167. The predicted octanol–water partition coefficient (Wildman–Crippen LogP) is 15.1. The number of para-hydroxylation sites is 2. The van der Waals surface area contributed by atoms with Crippen LogP contribution in [0.1, 0.15) is 11.4 Å². The van der Waals surface area contributed by atoms with Crippen LogP contribution in [-0.2, 0) is 6.42 Å². The van der Waals surface area contributed by atoms with Gasteiger partial charge in [-0.15, -0.1) is 22.7 Å². The summed E-state index contributed by atoms with van der Waals surface area (Å²) in [6.07, 6.45) is 2.46. The van der Waals surface area contributed by atoms with E-state index in [4.69, 9.17) is 19.9 Å². The van der Waals surface area contributed by atoms with E-state index in [0.717, 1.165) is 50.3 Å². The Labute approximate surface area is 380 Å². The van der Waals surface area contributed by atoms with Crippen LogP contribution in [0.25, 0.3) is 118 Å². The normalized spacial score (nSPS) is 12.1. The zero-order chi connectivity index (χ0) is 42.6. The van der Waals surface area contributed by atoms with Gasteiger partial charge in [0.25, 0.3) is 0 Å². The zero-order valence-corrected chi connectivity index (χ0v) is 36.3. The fourth-order valence-corrected chi connectivity index (χ4v) is 12.5. The molecule has 8 aromatic carbocycles. The molecule has 0 saturated heterocycles. The number of benzene rings is 8. The highest BCUT2D eigenvalue weighted by Gasteiger charge is 2.23. The summed E-state index contributed by atoms with van der Waals surface area (Å²) in [5, 5.41) is 10.1. The van der Waals surface area contributed by atoms with Gasteiger partial charge < -0.3 is 4.57 Å². The minimum atomic E-state index is 0.412. The Kier molecular flexibility index (Phi) is 7.98. The Hall–Kier alpha value is -8.04. The molecule has 0 aliphatic rings. The lowest BCUT2D eigenvalue weighted by molar-refractivity contribution is 0.910. The van der Waals surface area contributed by atoms with E-state index in [1.807, 2.05) is 59.1 Å². The fraction of sp³-hybridized carbons (Fsp3) is 0.0175. The van der Waals surface area contributed by atoms with Gasteiger partial charge in [0.05, 0.1) is 34.0 Å². The van der Waals surface area contributed by atoms with Crippen LogP contribution in [0.3, 0.4) is 0 Å². The van der Waals surface area contributed by atoms with Crippen LogP contribution >= 0.6 is 22.7 Å². The second kappa shape index (κ2) is 14.2. The van der Waals surface area contributed by atoms with Crippen molar-refractivity contribution in [3.05, 3.63) is 206 Å². The maximum atomic E-state index is 5.55. The van der Waals surface area contributed by atoms with E-state index in [2.05, 4.69) is 167 Å². The van der Waals surface area contributed by atoms with Gasteiger partial charge >= 0.3 is 0 Å². The van der Waals surface area contributed by atoms with Crippen LogP contribution in [0.15, 0.2) is 194 Å². The van der Waals surface area contributed by atoms with Crippen molar-refractivity contribution in [3.8, 4) is 34.3 Å². The van der Waals surface area contributed by atoms with Crippen molar-refractivity contribution in [1.82, 2.24) is 29.1 Å². The molecule has 0 atom stereocenters. The summed E-state index contributed by atoms with van der Waals surface area (Å²) in [6.45, 7) is 0. The van der Waals surface area contributed by atoms with Gasteiger partial charge in [-0.1, -0.05) is 146 Å². The van der Waals surface area contributed by atoms with Gasteiger partial charge in [0.1, 0.15) is 11.6 Å². The third-order valence-corrected chi connectivity index (χ3v) is 15.3. The van der Waals surface area contributed by atoms with E-state index in [1.165, 1.54) is 61.9 Å². The summed E-state index contributed by atoms with van der Waals surface area (Å²) in [4.78, 5) is 21.0. The van der Waals surface area contributed by atoms with Crippen LogP contribution in [0.2, 0.25) is 0 Å². The molecule has 0 aliphatic carbocycles. The van der Waals surface area contributed by atoms with E-state index >= 15 is 0 Å². The first-order valence-corrected chi connectivity index (χ1v) is 23.4. The smallest absolute Gasteiger partial charge is 0.163 e. The largest absolute Gasteiger partial charge is 0.308 e. The summed E-state index contributed by atoms with van der Waals surface area (Å²) in [5.41, 5.74) is 8.34. The predicted molar refractivity (Wildman–Crippen MR) is 272 cm³/mol. The first kappa shape index (κ1) is 36.4. The van der Waals surface area contributed by atoms with Gasteiger partial charge in [-0.2, -0.15) is 0 Å². The first-order valence-electron chi connectivity index (χ1n) is 21.8. The Morgan fingerprint density at radius 1 is 0.400 bits per heavy atom. The van der Waals surface area contributed by atoms with Crippen molar-refractivity contribution < 1.29 is 0 Å². The summed E-state index contributed by atoms with van der Waals surface area (Å²) in [7, 11) is 0. The second-order valence-electron chi connectivity index (χ2n) is 16.6. The summed E-state index contributed by atoms with van der Waals surface area (Å²) >= 11 is 3.73. The number of thiophene rings is 2. The van der Waals surface area contributed by atoms with E-state index in [1.54, 1.807) is 0 Å². The van der Waals surface area contributed by atoms with Gasteiger partial charge in [-0.3, -0.25) is 4.57 Å². The molecule has 0 unspecified atom stereocenters. The minimum absolute atomic E-state index is 0.412. The van der Waals surface area contributed by atoms with Crippen molar-refractivity contribution in [2.45, 2.75) is 6.42 Å². The van der Waals surface area contributed by atoms with Crippen molar-refractivity contribution in [3.63, 3.8) is 0 Å². The van der Waals surface area contributed by atoms with E-state index in [0.29, 0.717) is 23.9 Å². The lowest BCUT2D eigenvalue weighted by atomic mass is 10.1. The standard InChI is InChI=1S/C57H34N6S2/c1-3-15-34(16-4-1)55-59-50(60-56(61-55)35-17-5-2-6-18-35)32-36-31-37(62-44-23-11-7-21-42(44)51-46(62)29-27-40-38-19-9-13-25-48(38)64-53(40)51)33-58-57(36)63-45-24-12-8-22-43(45)52-47(63)30-28-41-39-20-10-14-26-49(39)65-54(41)52/h1-31,33H,32H2. The van der Waals surface area contributed by atoms with E-state index in [-0.39, 0.29) is 0 Å². The Bertz CT molecular complexity index is 4160. The Morgan fingerprint density at radius 3 is 1.45 bits per heavy atom. The van der Waals surface area contributed by atoms with E-state index < -0.39 is 0 Å². The highest BCUT2D eigenvalue weighted by molar-refractivity contribution is 7.27. The minimum Gasteiger partial charge on any atom is -0.308 e. The SMILES string of the molecule is c1ccc(-c2nc(Cc3cc(-n4c5ccccc5c5c6sc7ccccc7c6ccc54)cnc3-n3c4ccccc4c4c5sc6ccccc6c5ccc43)nc(-c3ccccc3)n2)cc1.